The van der Waals surface area contributed by atoms with Crippen LogP contribution in [0.4, 0.5) is 0 Å². The van der Waals surface area contributed by atoms with Gasteiger partial charge in [0.2, 0.25) is 0 Å². The van der Waals surface area contributed by atoms with E-state index in [1.807, 2.05) is 65.0 Å². The third kappa shape index (κ3) is 3.13. The van der Waals surface area contributed by atoms with Gasteiger partial charge in [-0.25, -0.2) is 4.68 Å². The molecule has 1 atom stereocenters. The van der Waals surface area contributed by atoms with E-state index in [2.05, 4.69) is 17.2 Å². The average Bonchev–Trinajstić information content (AvgIpc) is 3.18. The lowest BCUT2D eigenvalue weighted by Gasteiger charge is -2.33. The minimum absolute atomic E-state index is 0.0380. The van der Waals surface area contributed by atoms with E-state index >= 15 is 0 Å². The molecule has 3 aromatic rings. The molecular formula is C21H21N3O2. The zero-order valence-corrected chi connectivity index (χ0v) is 14.7. The Labute approximate surface area is 152 Å². The molecule has 0 N–H and O–H groups in total. The van der Waals surface area contributed by atoms with Crippen LogP contribution in [0.5, 0.6) is 0 Å². The molecular weight excluding hydrogens is 326 g/mol. The van der Waals surface area contributed by atoms with E-state index < -0.39 is 0 Å². The maximum Gasteiger partial charge on any atom is 0.254 e. The van der Waals surface area contributed by atoms with Gasteiger partial charge < -0.3 is 9.64 Å². The molecule has 132 valence electrons. The number of amides is 1. The van der Waals surface area contributed by atoms with Crippen LogP contribution in [0.25, 0.3) is 16.9 Å². The normalized spacial score (nSPS) is 17.3. The van der Waals surface area contributed by atoms with Gasteiger partial charge in [-0.1, -0.05) is 36.4 Å². The molecule has 2 aromatic carbocycles. The van der Waals surface area contributed by atoms with Gasteiger partial charge in [-0.15, -0.1) is 0 Å². The van der Waals surface area contributed by atoms with Gasteiger partial charge in [0, 0.05) is 17.7 Å². The molecule has 1 unspecified atom stereocenters. The summed E-state index contributed by atoms with van der Waals surface area (Å²) in [5.74, 6) is 0.0380. The summed E-state index contributed by atoms with van der Waals surface area (Å²) in [5, 5.41) is 4.46. The van der Waals surface area contributed by atoms with Crippen molar-refractivity contribution in [3.63, 3.8) is 0 Å². The van der Waals surface area contributed by atoms with Crippen molar-refractivity contribution in [2.75, 3.05) is 19.8 Å². The predicted octanol–water partition coefficient (Wildman–Crippen LogP) is 3.40. The first-order valence-electron chi connectivity index (χ1n) is 8.82. The fourth-order valence-corrected chi connectivity index (χ4v) is 3.30. The fraction of sp³-hybridized carbons (Fsp3) is 0.238. The summed E-state index contributed by atoms with van der Waals surface area (Å²) in [6.07, 6.45) is 1.78. The van der Waals surface area contributed by atoms with Crippen molar-refractivity contribution in [1.82, 2.24) is 14.7 Å². The molecule has 0 spiro atoms. The first kappa shape index (κ1) is 16.5. The number of nitrogens with zero attached hydrogens (tertiary/aromatic N) is 3. The molecule has 1 aliphatic rings. The van der Waals surface area contributed by atoms with Crippen molar-refractivity contribution in [2.24, 2.45) is 0 Å². The fourth-order valence-electron chi connectivity index (χ4n) is 3.30. The third-order valence-corrected chi connectivity index (χ3v) is 4.68. The number of benzene rings is 2. The molecule has 1 amide bonds. The molecule has 0 radical (unpaired) electrons. The summed E-state index contributed by atoms with van der Waals surface area (Å²) in [5.41, 5.74) is 3.63. The molecule has 0 bridgehead atoms. The maximum absolute atomic E-state index is 12.9. The summed E-state index contributed by atoms with van der Waals surface area (Å²) in [4.78, 5) is 14.8. The second-order valence-electron chi connectivity index (χ2n) is 6.47. The van der Waals surface area contributed by atoms with E-state index in [1.165, 1.54) is 0 Å². The standard InChI is InChI=1S/C21H21N3O2/c1-16-15-26-13-12-23(16)21(25)18-8-5-9-19(14-18)24-20(10-11-22-24)17-6-3-2-4-7-17/h2-11,14,16H,12-13,15H2,1H3. The molecule has 1 aromatic heterocycles. The number of carbonyl (C=O) groups excluding carboxylic acids is 1. The van der Waals surface area contributed by atoms with Crippen molar-refractivity contribution in [3.8, 4) is 16.9 Å². The molecule has 26 heavy (non-hydrogen) atoms. The lowest BCUT2D eigenvalue weighted by Crippen LogP contribution is -2.47. The summed E-state index contributed by atoms with van der Waals surface area (Å²) < 4.78 is 7.31. The van der Waals surface area contributed by atoms with Crippen molar-refractivity contribution in [3.05, 3.63) is 72.4 Å². The van der Waals surface area contributed by atoms with Gasteiger partial charge >= 0.3 is 0 Å². The Kier molecular flexibility index (Phi) is 4.54. The largest absolute Gasteiger partial charge is 0.377 e. The second-order valence-corrected chi connectivity index (χ2v) is 6.47. The quantitative estimate of drug-likeness (QED) is 0.729. The van der Waals surface area contributed by atoms with Gasteiger partial charge in [0.15, 0.2) is 0 Å². The number of hydrogen-bond donors (Lipinski definition) is 0. The van der Waals surface area contributed by atoms with E-state index in [0.717, 1.165) is 16.9 Å². The highest BCUT2D eigenvalue weighted by Gasteiger charge is 2.25. The summed E-state index contributed by atoms with van der Waals surface area (Å²) >= 11 is 0. The van der Waals surface area contributed by atoms with E-state index in [-0.39, 0.29) is 11.9 Å². The Morgan fingerprint density at radius 3 is 2.77 bits per heavy atom. The highest BCUT2D eigenvalue weighted by molar-refractivity contribution is 5.95. The minimum atomic E-state index is 0.0380. The summed E-state index contributed by atoms with van der Waals surface area (Å²) in [7, 11) is 0. The van der Waals surface area contributed by atoms with Crippen LogP contribution in [0.1, 0.15) is 17.3 Å². The first-order valence-corrected chi connectivity index (χ1v) is 8.82. The molecule has 4 rings (SSSR count). The summed E-state index contributed by atoms with van der Waals surface area (Å²) in [6.45, 7) is 3.82. The van der Waals surface area contributed by atoms with Crippen LogP contribution in [-0.4, -0.2) is 46.4 Å². The van der Waals surface area contributed by atoms with E-state index in [4.69, 9.17) is 4.74 Å². The molecule has 1 fully saturated rings. The minimum Gasteiger partial charge on any atom is -0.377 e. The SMILES string of the molecule is CC1COCCN1C(=O)c1cccc(-n2nccc2-c2ccccc2)c1. The number of carbonyl (C=O) groups is 1. The number of rotatable bonds is 3. The van der Waals surface area contributed by atoms with Crippen LogP contribution in [0.2, 0.25) is 0 Å². The van der Waals surface area contributed by atoms with Crippen molar-refractivity contribution in [1.29, 1.82) is 0 Å². The zero-order chi connectivity index (χ0) is 17.9. The smallest absolute Gasteiger partial charge is 0.254 e. The number of hydrogen-bond acceptors (Lipinski definition) is 3. The first-order chi connectivity index (χ1) is 12.7. The lowest BCUT2D eigenvalue weighted by atomic mass is 10.1. The lowest BCUT2D eigenvalue weighted by molar-refractivity contribution is 0.00359. The van der Waals surface area contributed by atoms with E-state index in [0.29, 0.717) is 25.3 Å². The average molecular weight is 347 g/mol. The van der Waals surface area contributed by atoms with Gasteiger partial charge in [-0.2, -0.15) is 5.10 Å². The zero-order valence-electron chi connectivity index (χ0n) is 14.7. The molecule has 5 heteroatoms. The maximum atomic E-state index is 12.9. The highest BCUT2D eigenvalue weighted by atomic mass is 16.5. The molecule has 2 heterocycles. The Hall–Kier alpha value is -2.92. The molecule has 0 saturated carbocycles. The third-order valence-electron chi connectivity index (χ3n) is 4.68. The van der Waals surface area contributed by atoms with Crippen LogP contribution >= 0.6 is 0 Å². The molecule has 1 aliphatic heterocycles. The second kappa shape index (κ2) is 7.14. The molecule has 5 nitrogen and oxygen atoms in total. The monoisotopic (exact) mass is 347 g/mol. The van der Waals surface area contributed by atoms with E-state index in [1.54, 1.807) is 6.20 Å². The van der Waals surface area contributed by atoms with Crippen molar-refractivity contribution < 1.29 is 9.53 Å². The van der Waals surface area contributed by atoms with Gasteiger partial charge in [-0.05, 0) is 31.2 Å². The Morgan fingerprint density at radius 1 is 1.12 bits per heavy atom. The topological polar surface area (TPSA) is 47.4 Å². The van der Waals surface area contributed by atoms with Crippen LogP contribution in [0.3, 0.4) is 0 Å². The van der Waals surface area contributed by atoms with Crippen LogP contribution in [0.15, 0.2) is 66.9 Å². The number of morpholine rings is 1. The predicted molar refractivity (Wildman–Crippen MR) is 100 cm³/mol. The Morgan fingerprint density at radius 2 is 1.96 bits per heavy atom. The van der Waals surface area contributed by atoms with Crippen LogP contribution < -0.4 is 0 Å². The Bertz CT molecular complexity index is 904. The van der Waals surface area contributed by atoms with Gasteiger partial charge in [0.05, 0.1) is 36.8 Å². The van der Waals surface area contributed by atoms with Crippen LogP contribution in [-0.2, 0) is 4.74 Å². The Balaban J connectivity index is 1.67. The van der Waals surface area contributed by atoms with Crippen molar-refractivity contribution >= 4 is 5.91 Å². The highest BCUT2D eigenvalue weighted by Crippen LogP contribution is 2.23. The van der Waals surface area contributed by atoms with Crippen molar-refractivity contribution in [2.45, 2.75) is 13.0 Å². The van der Waals surface area contributed by atoms with Crippen LogP contribution in [0, 0.1) is 0 Å². The molecule has 1 saturated heterocycles. The number of aromatic nitrogens is 2. The van der Waals surface area contributed by atoms with Gasteiger partial charge in [0.1, 0.15) is 0 Å². The van der Waals surface area contributed by atoms with Gasteiger partial charge in [0.25, 0.3) is 5.91 Å². The summed E-state index contributed by atoms with van der Waals surface area (Å²) in [6, 6.07) is 19.8. The van der Waals surface area contributed by atoms with E-state index in [9.17, 15) is 4.79 Å². The number of ether oxygens (including phenoxy) is 1. The molecule has 0 aliphatic carbocycles. The van der Waals surface area contributed by atoms with Gasteiger partial charge in [-0.3, -0.25) is 4.79 Å².